The minimum absolute atomic E-state index is 0.116. The van der Waals surface area contributed by atoms with Gasteiger partial charge in [0.2, 0.25) is 5.91 Å². The molecule has 1 aliphatic heterocycles. The number of anilines is 1. The number of fused-ring (bicyclic) bond motifs is 1. The van der Waals surface area contributed by atoms with E-state index < -0.39 is 36.4 Å². The van der Waals surface area contributed by atoms with Crippen LogP contribution in [0.15, 0.2) is 36.4 Å². The van der Waals surface area contributed by atoms with Crippen LogP contribution < -0.4 is 20.1 Å². The molecule has 162 valence electrons. The quantitative estimate of drug-likeness (QED) is 0.540. The van der Waals surface area contributed by atoms with Crippen molar-refractivity contribution in [2.24, 2.45) is 0 Å². The number of benzene rings is 2. The van der Waals surface area contributed by atoms with Crippen molar-refractivity contribution in [2.45, 2.75) is 12.5 Å². The number of methoxy groups -OCH3 is 2. The molecule has 0 aromatic heterocycles. The lowest BCUT2D eigenvalue weighted by Gasteiger charge is -2.13. The Morgan fingerprint density at radius 1 is 1.06 bits per heavy atom. The molecular formula is C21H20N2O8. The Morgan fingerprint density at radius 2 is 1.77 bits per heavy atom. The molecule has 2 aromatic carbocycles. The van der Waals surface area contributed by atoms with Gasteiger partial charge in [0.1, 0.15) is 18.2 Å². The standard InChI is InChI=1S/C21H20N2O8/c1-29-14-8-7-13-15(31-21(28)18(13)19(14)30-2)9-16(24)23-12-5-3-11(4-6-12)20(27)22-10-17(25)26/h3-8,15H,9-10H2,1-2H3,(H,22,27)(H,23,24)(H,25,26)/t15-/m1/s1. The van der Waals surface area contributed by atoms with Crippen molar-refractivity contribution in [3.8, 4) is 11.5 Å². The molecule has 0 bridgehead atoms. The van der Waals surface area contributed by atoms with Crippen LogP contribution in [0.3, 0.4) is 0 Å². The maximum absolute atomic E-state index is 12.5. The van der Waals surface area contributed by atoms with Gasteiger partial charge in [-0.15, -0.1) is 0 Å². The van der Waals surface area contributed by atoms with E-state index in [4.69, 9.17) is 19.3 Å². The maximum atomic E-state index is 12.5. The third-order valence-corrected chi connectivity index (χ3v) is 4.58. The molecule has 2 aromatic rings. The topological polar surface area (TPSA) is 140 Å². The van der Waals surface area contributed by atoms with E-state index >= 15 is 0 Å². The van der Waals surface area contributed by atoms with Gasteiger partial charge in [0.25, 0.3) is 5.91 Å². The average Bonchev–Trinajstić information content (AvgIpc) is 3.06. The van der Waals surface area contributed by atoms with Gasteiger partial charge in [0.15, 0.2) is 11.5 Å². The van der Waals surface area contributed by atoms with Crippen LogP contribution in [0, 0.1) is 0 Å². The van der Waals surface area contributed by atoms with Crippen molar-refractivity contribution in [3.63, 3.8) is 0 Å². The second-order valence-corrected chi connectivity index (χ2v) is 6.57. The van der Waals surface area contributed by atoms with Crippen molar-refractivity contribution in [2.75, 3.05) is 26.1 Å². The van der Waals surface area contributed by atoms with Gasteiger partial charge in [-0.05, 0) is 30.3 Å². The maximum Gasteiger partial charge on any atom is 0.343 e. The molecule has 0 saturated heterocycles. The molecule has 1 aliphatic rings. The minimum Gasteiger partial charge on any atom is -0.493 e. The van der Waals surface area contributed by atoms with Gasteiger partial charge < -0.3 is 30.0 Å². The second kappa shape index (κ2) is 9.16. The summed E-state index contributed by atoms with van der Waals surface area (Å²) in [7, 11) is 2.87. The number of rotatable bonds is 8. The van der Waals surface area contributed by atoms with E-state index in [9.17, 15) is 19.2 Å². The number of ether oxygens (including phenoxy) is 3. The SMILES string of the molecule is COc1ccc2c(c1OC)C(=O)O[C@@H]2CC(=O)Nc1ccc(C(=O)NCC(=O)O)cc1. The van der Waals surface area contributed by atoms with Crippen LogP contribution in [0.5, 0.6) is 11.5 Å². The smallest absolute Gasteiger partial charge is 0.343 e. The summed E-state index contributed by atoms with van der Waals surface area (Å²) in [6.07, 6.45) is -0.891. The number of carboxylic acids is 1. The number of carbonyl (C=O) groups excluding carboxylic acids is 3. The van der Waals surface area contributed by atoms with E-state index in [1.807, 2.05) is 0 Å². The van der Waals surface area contributed by atoms with E-state index in [0.717, 1.165) is 0 Å². The monoisotopic (exact) mass is 428 g/mol. The minimum atomic E-state index is -1.15. The lowest BCUT2D eigenvalue weighted by atomic mass is 10.0. The Balaban J connectivity index is 1.65. The molecule has 0 saturated carbocycles. The first-order valence-electron chi connectivity index (χ1n) is 9.19. The number of nitrogens with one attached hydrogen (secondary N) is 2. The molecule has 2 amide bonds. The van der Waals surface area contributed by atoms with Crippen LogP contribution in [-0.2, 0) is 14.3 Å². The summed E-state index contributed by atoms with van der Waals surface area (Å²) in [5.41, 5.74) is 1.44. The Bertz CT molecular complexity index is 1030. The lowest BCUT2D eigenvalue weighted by Crippen LogP contribution is -2.29. The highest BCUT2D eigenvalue weighted by Gasteiger charge is 2.36. The van der Waals surface area contributed by atoms with Gasteiger partial charge in [-0.2, -0.15) is 0 Å². The zero-order chi connectivity index (χ0) is 22.5. The number of hydrogen-bond donors (Lipinski definition) is 3. The number of carboxylic acid groups (broad SMARTS) is 1. The Morgan fingerprint density at radius 3 is 2.39 bits per heavy atom. The molecular weight excluding hydrogens is 408 g/mol. The summed E-state index contributed by atoms with van der Waals surface area (Å²) < 4.78 is 15.8. The number of hydrogen-bond acceptors (Lipinski definition) is 7. The third kappa shape index (κ3) is 4.74. The van der Waals surface area contributed by atoms with Crippen molar-refractivity contribution < 1.29 is 38.5 Å². The zero-order valence-electron chi connectivity index (χ0n) is 16.8. The molecule has 0 fully saturated rings. The number of carbonyl (C=O) groups is 4. The van der Waals surface area contributed by atoms with E-state index in [1.54, 1.807) is 12.1 Å². The second-order valence-electron chi connectivity index (χ2n) is 6.57. The summed E-state index contributed by atoms with van der Waals surface area (Å²) >= 11 is 0. The first kappa shape index (κ1) is 21.6. The van der Waals surface area contributed by atoms with Gasteiger partial charge in [0, 0.05) is 16.8 Å². The molecule has 31 heavy (non-hydrogen) atoms. The molecule has 3 N–H and O–H groups in total. The van der Waals surface area contributed by atoms with Gasteiger partial charge in [-0.25, -0.2) is 4.79 Å². The van der Waals surface area contributed by atoms with E-state index in [1.165, 1.54) is 38.5 Å². The van der Waals surface area contributed by atoms with Gasteiger partial charge in [0.05, 0.1) is 20.6 Å². The lowest BCUT2D eigenvalue weighted by molar-refractivity contribution is -0.135. The van der Waals surface area contributed by atoms with Crippen LogP contribution in [0.25, 0.3) is 0 Å². The first-order chi connectivity index (χ1) is 14.8. The predicted molar refractivity (Wildman–Crippen MR) is 107 cm³/mol. The molecule has 10 heteroatoms. The molecule has 0 unspecified atom stereocenters. The Hall–Kier alpha value is -4.08. The van der Waals surface area contributed by atoms with Crippen molar-refractivity contribution in [1.29, 1.82) is 0 Å². The number of cyclic esters (lactones) is 1. The number of esters is 1. The normalized spacial score (nSPS) is 14.3. The number of aliphatic carboxylic acids is 1. The molecule has 1 atom stereocenters. The van der Waals surface area contributed by atoms with Crippen molar-refractivity contribution in [3.05, 3.63) is 53.1 Å². The first-order valence-corrected chi connectivity index (χ1v) is 9.19. The van der Waals surface area contributed by atoms with E-state index in [2.05, 4.69) is 10.6 Å². The number of amides is 2. The van der Waals surface area contributed by atoms with Crippen LogP contribution in [0.2, 0.25) is 0 Å². The van der Waals surface area contributed by atoms with Gasteiger partial charge in [-0.1, -0.05) is 6.07 Å². The largest absolute Gasteiger partial charge is 0.493 e. The van der Waals surface area contributed by atoms with E-state index in [-0.39, 0.29) is 23.3 Å². The highest BCUT2D eigenvalue weighted by Crippen LogP contribution is 2.43. The molecule has 0 spiro atoms. The van der Waals surface area contributed by atoms with Gasteiger partial charge in [-0.3, -0.25) is 14.4 Å². The summed E-state index contributed by atoms with van der Waals surface area (Å²) in [6.45, 7) is -0.491. The van der Waals surface area contributed by atoms with Crippen LogP contribution in [0.1, 0.15) is 38.8 Å². The average molecular weight is 428 g/mol. The fraction of sp³-hybridized carbons (Fsp3) is 0.238. The van der Waals surface area contributed by atoms with Crippen molar-refractivity contribution in [1.82, 2.24) is 5.32 Å². The Labute approximate surface area is 177 Å². The third-order valence-electron chi connectivity index (χ3n) is 4.58. The zero-order valence-corrected chi connectivity index (χ0v) is 16.8. The highest BCUT2D eigenvalue weighted by atomic mass is 16.6. The fourth-order valence-electron chi connectivity index (χ4n) is 3.17. The van der Waals surface area contributed by atoms with Crippen LogP contribution in [0.4, 0.5) is 5.69 Å². The fourth-order valence-corrected chi connectivity index (χ4v) is 3.17. The summed E-state index contributed by atoms with van der Waals surface area (Å²) in [5, 5.41) is 13.5. The summed E-state index contributed by atoms with van der Waals surface area (Å²) in [4.78, 5) is 47.1. The molecule has 3 rings (SSSR count). The molecule has 10 nitrogen and oxygen atoms in total. The molecule has 1 heterocycles. The Kier molecular flexibility index (Phi) is 6.39. The van der Waals surface area contributed by atoms with Crippen molar-refractivity contribution >= 4 is 29.4 Å². The summed E-state index contributed by atoms with van der Waals surface area (Å²) in [6, 6.07) is 9.22. The van der Waals surface area contributed by atoms with E-state index in [0.29, 0.717) is 17.0 Å². The summed E-state index contributed by atoms with van der Waals surface area (Å²) in [5.74, 6) is -2.05. The molecule has 0 radical (unpaired) electrons. The predicted octanol–water partition coefficient (Wildman–Crippen LogP) is 1.76. The van der Waals surface area contributed by atoms with Crippen LogP contribution in [-0.4, -0.2) is 49.6 Å². The van der Waals surface area contributed by atoms with Gasteiger partial charge >= 0.3 is 11.9 Å². The highest BCUT2D eigenvalue weighted by molar-refractivity contribution is 6.00. The van der Waals surface area contributed by atoms with Crippen LogP contribution >= 0.6 is 0 Å². The molecule has 0 aliphatic carbocycles.